The van der Waals surface area contributed by atoms with Crippen LogP contribution in [0.25, 0.3) is 0 Å². The van der Waals surface area contributed by atoms with Crippen molar-refractivity contribution in [2.24, 2.45) is 11.7 Å². The Balaban J connectivity index is 2.45. The summed E-state index contributed by atoms with van der Waals surface area (Å²) < 4.78 is 0. The molecular formula is C12H24N2OS2. The molecule has 0 aromatic rings. The molecule has 0 aromatic carbocycles. The van der Waals surface area contributed by atoms with E-state index in [0.29, 0.717) is 11.2 Å². The third kappa shape index (κ3) is 4.72. The molecule has 1 aliphatic heterocycles. The number of carbonyl (C=O) groups is 1. The number of hydrogen-bond donors (Lipinski definition) is 1. The number of nitrogens with two attached hydrogens (primary N) is 1. The molecule has 17 heavy (non-hydrogen) atoms. The van der Waals surface area contributed by atoms with Gasteiger partial charge in [-0.3, -0.25) is 4.79 Å². The SMILES string of the molecule is CSCC[C@H](N)C(=O)N1CCSC(C(C)C)C1. The molecule has 1 aliphatic rings. The third-order valence-electron chi connectivity index (χ3n) is 3.10. The van der Waals surface area contributed by atoms with Crippen LogP contribution in [-0.4, -0.2) is 52.9 Å². The standard InChI is InChI=1S/C12H24N2OS2/c1-9(2)11-8-14(5-7-17-11)12(15)10(13)4-6-16-3/h9-11H,4-8,13H2,1-3H3/t10-,11?/m0/s1. The monoisotopic (exact) mass is 276 g/mol. The van der Waals surface area contributed by atoms with Crippen molar-refractivity contribution < 1.29 is 4.79 Å². The van der Waals surface area contributed by atoms with Crippen LogP contribution in [0.2, 0.25) is 0 Å². The number of rotatable bonds is 5. The highest BCUT2D eigenvalue weighted by molar-refractivity contribution is 8.00. The van der Waals surface area contributed by atoms with E-state index in [-0.39, 0.29) is 11.9 Å². The quantitative estimate of drug-likeness (QED) is 0.830. The van der Waals surface area contributed by atoms with Crippen LogP contribution in [0.1, 0.15) is 20.3 Å². The molecule has 1 rings (SSSR count). The van der Waals surface area contributed by atoms with E-state index < -0.39 is 0 Å². The summed E-state index contributed by atoms with van der Waals surface area (Å²) in [7, 11) is 0. The van der Waals surface area contributed by atoms with Crippen LogP contribution in [0, 0.1) is 5.92 Å². The average Bonchev–Trinajstić information content (AvgIpc) is 2.35. The van der Waals surface area contributed by atoms with Crippen LogP contribution in [-0.2, 0) is 4.79 Å². The lowest BCUT2D eigenvalue weighted by Crippen LogP contribution is -2.50. The van der Waals surface area contributed by atoms with Crippen LogP contribution >= 0.6 is 23.5 Å². The zero-order valence-electron chi connectivity index (χ0n) is 11.0. The summed E-state index contributed by atoms with van der Waals surface area (Å²) in [5.74, 6) is 2.77. The Kier molecular flexibility index (Phi) is 6.74. The molecule has 0 radical (unpaired) electrons. The van der Waals surface area contributed by atoms with Gasteiger partial charge >= 0.3 is 0 Å². The Morgan fingerprint density at radius 1 is 1.59 bits per heavy atom. The predicted octanol–water partition coefficient (Wildman–Crippen LogP) is 1.67. The molecule has 0 saturated carbocycles. The second-order valence-electron chi connectivity index (χ2n) is 4.83. The highest BCUT2D eigenvalue weighted by Gasteiger charge is 2.28. The number of thioether (sulfide) groups is 2. The van der Waals surface area contributed by atoms with E-state index in [0.717, 1.165) is 31.0 Å². The Morgan fingerprint density at radius 2 is 2.29 bits per heavy atom. The smallest absolute Gasteiger partial charge is 0.239 e. The summed E-state index contributed by atoms with van der Waals surface area (Å²) in [5.41, 5.74) is 5.94. The van der Waals surface area contributed by atoms with Crippen molar-refractivity contribution >= 4 is 29.4 Å². The molecule has 2 N–H and O–H groups in total. The largest absolute Gasteiger partial charge is 0.339 e. The molecule has 1 amide bonds. The molecule has 1 fully saturated rings. The third-order valence-corrected chi connectivity index (χ3v) is 5.28. The van der Waals surface area contributed by atoms with E-state index in [4.69, 9.17) is 5.73 Å². The van der Waals surface area contributed by atoms with Crippen molar-refractivity contribution in [3.05, 3.63) is 0 Å². The van der Waals surface area contributed by atoms with Crippen molar-refractivity contribution in [1.29, 1.82) is 0 Å². The first-order chi connectivity index (χ1) is 8.06. The first kappa shape index (κ1) is 15.2. The fourth-order valence-electron chi connectivity index (χ4n) is 1.88. The number of nitrogens with zero attached hydrogens (tertiary/aromatic N) is 1. The Labute approximate surface area is 113 Å². The second kappa shape index (κ2) is 7.54. The molecule has 1 unspecified atom stereocenters. The summed E-state index contributed by atoms with van der Waals surface area (Å²) in [5, 5.41) is 0.570. The average molecular weight is 276 g/mol. The fourth-order valence-corrected chi connectivity index (χ4v) is 3.67. The number of amides is 1. The highest BCUT2D eigenvalue weighted by Crippen LogP contribution is 2.25. The van der Waals surface area contributed by atoms with Gasteiger partial charge in [0.05, 0.1) is 6.04 Å². The van der Waals surface area contributed by atoms with Gasteiger partial charge in [-0.05, 0) is 24.3 Å². The first-order valence-electron chi connectivity index (χ1n) is 6.21. The van der Waals surface area contributed by atoms with Gasteiger partial charge in [-0.1, -0.05) is 13.8 Å². The molecule has 2 atom stereocenters. The topological polar surface area (TPSA) is 46.3 Å². The van der Waals surface area contributed by atoms with E-state index in [9.17, 15) is 4.79 Å². The number of hydrogen-bond acceptors (Lipinski definition) is 4. The van der Waals surface area contributed by atoms with Crippen molar-refractivity contribution in [3.8, 4) is 0 Å². The minimum Gasteiger partial charge on any atom is -0.339 e. The van der Waals surface area contributed by atoms with Crippen molar-refractivity contribution in [2.75, 3.05) is 30.9 Å². The van der Waals surface area contributed by atoms with E-state index in [1.807, 2.05) is 22.9 Å². The zero-order valence-corrected chi connectivity index (χ0v) is 12.6. The fraction of sp³-hybridized carbons (Fsp3) is 0.917. The van der Waals surface area contributed by atoms with Crippen LogP contribution in [0.3, 0.4) is 0 Å². The predicted molar refractivity (Wildman–Crippen MR) is 78.6 cm³/mol. The van der Waals surface area contributed by atoms with Crippen LogP contribution < -0.4 is 5.73 Å². The Hall–Kier alpha value is 0.130. The van der Waals surface area contributed by atoms with Crippen molar-refractivity contribution in [3.63, 3.8) is 0 Å². The Bertz CT molecular complexity index is 249. The Morgan fingerprint density at radius 3 is 2.88 bits per heavy atom. The molecule has 3 nitrogen and oxygen atoms in total. The van der Waals surface area contributed by atoms with Gasteiger partial charge in [-0.2, -0.15) is 23.5 Å². The molecule has 100 valence electrons. The van der Waals surface area contributed by atoms with Gasteiger partial charge in [0.15, 0.2) is 0 Å². The molecule has 0 spiro atoms. The van der Waals surface area contributed by atoms with E-state index in [1.165, 1.54) is 0 Å². The maximum atomic E-state index is 12.2. The minimum absolute atomic E-state index is 0.144. The van der Waals surface area contributed by atoms with E-state index >= 15 is 0 Å². The molecular weight excluding hydrogens is 252 g/mol. The van der Waals surface area contributed by atoms with Gasteiger partial charge in [0, 0.05) is 24.1 Å². The lowest BCUT2D eigenvalue weighted by molar-refractivity contribution is -0.132. The summed E-state index contributed by atoms with van der Waals surface area (Å²) in [4.78, 5) is 14.1. The molecule has 0 bridgehead atoms. The lowest BCUT2D eigenvalue weighted by atomic mass is 10.1. The maximum absolute atomic E-state index is 12.2. The van der Waals surface area contributed by atoms with Gasteiger partial charge in [-0.15, -0.1) is 0 Å². The van der Waals surface area contributed by atoms with Gasteiger partial charge < -0.3 is 10.6 Å². The minimum atomic E-state index is -0.307. The highest BCUT2D eigenvalue weighted by atomic mass is 32.2. The zero-order chi connectivity index (χ0) is 12.8. The van der Waals surface area contributed by atoms with E-state index in [2.05, 4.69) is 13.8 Å². The van der Waals surface area contributed by atoms with Gasteiger partial charge in [0.25, 0.3) is 0 Å². The summed E-state index contributed by atoms with van der Waals surface area (Å²) in [6, 6.07) is -0.307. The van der Waals surface area contributed by atoms with Crippen LogP contribution in [0.5, 0.6) is 0 Å². The molecule has 0 aliphatic carbocycles. The maximum Gasteiger partial charge on any atom is 0.239 e. The van der Waals surface area contributed by atoms with Crippen LogP contribution in [0.4, 0.5) is 0 Å². The van der Waals surface area contributed by atoms with Crippen molar-refractivity contribution in [2.45, 2.75) is 31.6 Å². The summed E-state index contributed by atoms with van der Waals surface area (Å²) in [6.45, 7) is 6.17. The molecule has 1 saturated heterocycles. The summed E-state index contributed by atoms with van der Waals surface area (Å²) in [6.07, 6.45) is 2.83. The molecule has 1 heterocycles. The number of carbonyl (C=O) groups excluding carboxylic acids is 1. The van der Waals surface area contributed by atoms with Gasteiger partial charge in [0.1, 0.15) is 0 Å². The van der Waals surface area contributed by atoms with Crippen molar-refractivity contribution in [1.82, 2.24) is 4.90 Å². The summed E-state index contributed by atoms with van der Waals surface area (Å²) >= 11 is 3.73. The molecule has 0 aromatic heterocycles. The molecule has 5 heteroatoms. The van der Waals surface area contributed by atoms with Gasteiger partial charge in [-0.25, -0.2) is 0 Å². The second-order valence-corrected chi connectivity index (χ2v) is 7.16. The van der Waals surface area contributed by atoms with E-state index in [1.54, 1.807) is 11.8 Å². The first-order valence-corrected chi connectivity index (χ1v) is 8.65. The normalized spacial score (nSPS) is 22.9. The van der Waals surface area contributed by atoms with Gasteiger partial charge in [0.2, 0.25) is 5.91 Å². The van der Waals surface area contributed by atoms with Crippen LogP contribution in [0.15, 0.2) is 0 Å². The lowest BCUT2D eigenvalue weighted by Gasteiger charge is -2.35.